The highest BCUT2D eigenvalue weighted by atomic mass is 32.2. The van der Waals surface area contributed by atoms with Crippen LogP contribution in [0.15, 0.2) is 11.2 Å². The molecule has 0 unspecified atom stereocenters. The van der Waals surface area contributed by atoms with Gasteiger partial charge in [-0.25, -0.2) is 8.42 Å². The molecule has 108 valence electrons. The fraction of sp³-hybridized carbons (Fsp3) is 0.750. The summed E-state index contributed by atoms with van der Waals surface area (Å²) in [5.41, 5.74) is 0.722. The number of piperidine rings is 1. The maximum Gasteiger partial charge on any atom is 0.260 e. The van der Waals surface area contributed by atoms with E-state index >= 15 is 0 Å². The number of nitrogens with one attached hydrogen (secondary N) is 2. The molecular formula is C12H22N4O2S. The highest BCUT2D eigenvalue weighted by Crippen LogP contribution is 2.31. The standard InChI is InChI=1S/C12H22N4O2S/c1-12(2)5-4-6-16(9-12)19(17,18)11-10(7-13-3)8-14-15-11/h8,13H,4-7,9H2,1-3H3,(H,14,15). The summed E-state index contributed by atoms with van der Waals surface area (Å²) in [6, 6.07) is 0. The van der Waals surface area contributed by atoms with Crippen LogP contribution in [-0.2, 0) is 16.6 Å². The average molecular weight is 286 g/mol. The Kier molecular flexibility index (Phi) is 3.98. The highest BCUT2D eigenvalue weighted by molar-refractivity contribution is 7.89. The van der Waals surface area contributed by atoms with Crippen LogP contribution in [0.1, 0.15) is 32.3 Å². The van der Waals surface area contributed by atoms with E-state index < -0.39 is 10.0 Å². The molecule has 0 spiro atoms. The molecule has 1 aliphatic heterocycles. The van der Waals surface area contributed by atoms with Crippen molar-refractivity contribution < 1.29 is 8.42 Å². The van der Waals surface area contributed by atoms with E-state index in [4.69, 9.17) is 0 Å². The van der Waals surface area contributed by atoms with E-state index in [1.165, 1.54) is 0 Å². The fourth-order valence-electron chi connectivity index (χ4n) is 2.54. The number of hydrogen-bond acceptors (Lipinski definition) is 4. The van der Waals surface area contributed by atoms with Crippen LogP contribution in [0.3, 0.4) is 0 Å². The minimum atomic E-state index is -3.47. The summed E-state index contributed by atoms with van der Waals surface area (Å²) in [7, 11) is -1.68. The van der Waals surface area contributed by atoms with Crippen molar-refractivity contribution in [2.45, 2.75) is 38.3 Å². The molecule has 0 aliphatic carbocycles. The molecule has 0 saturated carbocycles. The van der Waals surface area contributed by atoms with E-state index in [2.05, 4.69) is 29.4 Å². The molecule has 2 N–H and O–H groups in total. The van der Waals surface area contributed by atoms with E-state index in [1.807, 2.05) is 0 Å². The van der Waals surface area contributed by atoms with Crippen molar-refractivity contribution in [2.75, 3.05) is 20.1 Å². The smallest absolute Gasteiger partial charge is 0.260 e. The van der Waals surface area contributed by atoms with Gasteiger partial charge in [0.05, 0.1) is 6.20 Å². The van der Waals surface area contributed by atoms with E-state index in [1.54, 1.807) is 17.5 Å². The minimum absolute atomic E-state index is 0.0362. The molecule has 6 nitrogen and oxygen atoms in total. The average Bonchev–Trinajstić information content (AvgIpc) is 2.77. The number of aromatic amines is 1. The first-order valence-corrected chi connectivity index (χ1v) is 7.98. The van der Waals surface area contributed by atoms with Crippen molar-refractivity contribution >= 4 is 10.0 Å². The van der Waals surface area contributed by atoms with Gasteiger partial charge in [0.2, 0.25) is 0 Å². The van der Waals surface area contributed by atoms with Crippen molar-refractivity contribution in [1.82, 2.24) is 19.8 Å². The van der Waals surface area contributed by atoms with Gasteiger partial charge in [-0.3, -0.25) is 5.10 Å². The summed E-state index contributed by atoms with van der Waals surface area (Å²) in [6.07, 6.45) is 3.53. The van der Waals surface area contributed by atoms with Crippen LogP contribution in [-0.4, -0.2) is 43.1 Å². The Balaban J connectivity index is 2.29. The number of hydrogen-bond donors (Lipinski definition) is 2. The Morgan fingerprint density at radius 1 is 1.53 bits per heavy atom. The first kappa shape index (κ1) is 14.5. The molecule has 0 amide bonds. The van der Waals surface area contributed by atoms with Crippen molar-refractivity contribution in [3.63, 3.8) is 0 Å². The van der Waals surface area contributed by atoms with Crippen LogP contribution in [0.2, 0.25) is 0 Å². The molecule has 19 heavy (non-hydrogen) atoms. The third kappa shape index (κ3) is 2.98. The molecule has 0 radical (unpaired) electrons. The molecule has 1 aromatic rings. The van der Waals surface area contributed by atoms with E-state index in [-0.39, 0.29) is 10.4 Å². The van der Waals surface area contributed by atoms with Crippen molar-refractivity contribution in [1.29, 1.82) is 0 Å². The van der Waals surface area contributed by atoms with Crippen LogP contribution >= 0.6 is 0 Å². The first-order valence-electron chi connectivity index (χ1n) is 6.54. The third-order valence-electron chi connectivity index (χ3n) is 3.51. The van der Waals surface area contributed by atoms with E-state index in [9.17, 15) is 8.42 Å². The molecule has 2 rings (SSSR count). The quantitative estimate of drug-likeness (QED) is 0.863. The zero-order valence-corrected chi connectivity index (χ0v) is 12.5. The Morgan fingerprint density at radius 2 is 2.26 bits per heavy atom. The topological polar surface area (TPSA) is 78.1 Å². The van der Waals surface area contributed by atoms with Crippen LogP contribution < -0.4 is 5.32 Å². The van der Waals surface area contributed by atoms with Gasteiger partial charge in [-0.05, 0) is 25.3 Å². The number of H-pyrrole nitrogens is 1. The Hall–Kier alpha value is -0.920. The number of rotatable bonds is 4. The maximum absolute atomic E-state index is 12.7. The fourth-order valence-corrected chi connectivity index (χ4v) is 4.31. The molecule has 1 aromatic heterocycles. The zero-order valence-electron chi connectivity index (χ0n) is 11.7. The third-order valence-corrected chi connectivity index (χ3v) is 5.37. The van der Waals surface area contributed by atoms with Gasteiger partial charge in [0.15, 0.2) is 5.03 Å². The van der Waals surface area contributed by atoms with Crippen LogP contribution in [0.25, 0.3) is 0 Å². The lowest BCUT2D eigenvalue weighted by atomic mass is 9.85. The van der Waals surface area contributed by atoms with Gasteiger partial charge in [-0.1, -0.05) is 13.8 Å². The summed E-state index contributed by atoms with van der Waals surface area (Å²) in [5.74, 6) is 0. The second-order valence-electron chi connectivity index (χ2n) is 5.86. The number of nitrogens with zero attached hydrogens (tertiary/aromatic N) is 2. The van der Waals surface area contributed by atoms with E-state index in [0.717, 1.165) is 12.8 Å². The maximum atomic E-state index is 12.7. The Labute approximate surface area is 114 Å². The zero-order chi connectivity index (χ0) is 14.1. The lowest BCUT2D eigenvalue weighted by molar-refractivity contribution is 0.186. The van der Waals surface area contributed by atoms with Crippen molar-refractivity contribution in [3.05, 3.63) is 11.8 Å². The van der Waals surface area contributed by atoms with Gasteiger partial charge >= 0.3 is 0 Å². The Bertz CT molecular complexity index is 536. The van der Waals surface area contributed by atoms with Gasteiger partial charge in [0, 0.05) is 25.2 Å². The van der Waals surface area contributed by atoms with Gasteiger partial charge in [0.25, 0.3) is 10.0 Å². The SMILES string of the molecule is CNCc1cn[nH]c1S(=O)(=O)N1CCCC(C)(C)C1. The molecule has 0 atom stereocenters. The van der Waals surface area contributed by atoms with Crippen LogP contribution in [0, 0.1) is 5.41 Å². The molecule has 0 bridgehead atoms. The lowest BCUT2D eigenvalue weighted by Crippen LogP contribution is -2.43. The monoisotopic (exact) mass is 286 g/mol. The number of sulfonamides is 1. The van der Waals surface area contributed by atoms with Crippen molar-refractivity contribution in [3.8, 4) is 0 Å². The van der Waals surface area contributed by atoms with Gasteiger partial charge in [-0.2, -0.15) is 9.40 Å². The normalized spacial score (nSPS) is 20.6. The van der Waals surface area contributed by atoms with E-state index in [0.29, 0.717) is 25.2 Å². The molecule has 7 heteroatoms. The van der Waals surface area contributed by atoms with Crippen LogP contribution in [0.5, 0.6) is 0 Å². The van der Waals surface area contributed by atoms with Gasteiger partial charge < -0.3 is 5.32 Å². The predicted molar refractivity (Wildman–Crippen MR) is 73.1 cm³/mol. The summed E-state index contributed by atoms with van der Waals surface area (Å²) < 4.78 is 26.9. The largest absolute Gasteiger partial charge is 0.316 e. The predicted octanol–water partition coefficient (Wildman–Crippen LogP) is 0.940. The summed E-state index contributed by atoms with van der Waals surface area (Å²) in [6.45, 7) is 5.85. The first-order chi connectivity index (χ1) is 8.87. The highest BCUT2D eigenvalue weighted by Gasteiger charge is 2.35. The number of aromatic nitrogens is 2. The van der Waals surface area contributed by atoms with Crippen LogP contribution in [0.4, 0.5) is 0 Å². The molecule has 0 aromatic carbocycles. The second-order valence-corrected chi connectivity index (χ2v) is 7.74. The van der Waals surface area contributed by atoms with Gasteiger partial charge in [-0.15, -0.1) is 0 Å². The minimum Gasteiger partial charge on any atom is -0.316 e. The Morgan fingerprint density at radius 3 is 2.89 bits per heavy atom. The molecule has 1 saturated heterocycles. The van der Waals surface area contributed by atoms with Crippen molar-refractivity contribution in [2.24, 2.45) is 5.41 Å². The summed E-state index contributed by atoms with van der Waals surface area (Å²) >= 11 is 0. The second kappa shape index (κ2) is 5.22. The lowest BCUT2D eigenvalue weighted by Gasteiger charge is -2.36. The molecular weight excluding hydrogens is 264 g/mol. The summed E-state index contributed by atoms with van der Waals surface area (Å²) in [4.78, 5) is 0. The molecule has 1 fully saturated rings. The summed E-state index contributed by atoms with van der Waals surface area (Å²) in [5, 5.41) is 9.68. The van der Waals surface area contributed by atoms with Gasteiger partial charge in [0.1, 0.15) is 0 Å². The molecule has 1 aliphatic rings. The molecule has 2 heterocycles.